The molecular formula is C18H15FN2O5. The van der Waals surface area contributed by atoms with Crippen LogP contribution >= 0.6 is 0 Å². The minimum atomic E-state index is -0.576. The Balaban J connectivity index is 2.15. The minimum Gasteiger partial charge on any atom is -0.493 e. The molecule has 0 aliphatic heterocycles. The molecule has 0 spiro atoms. The van der Waals surface area contributed by atoms with Crippen molar-refractivity contribution in [2.45, 2.75) is 0 Å². The lowest BCUT2D eigenvalue weighted by Gasteiger charge is -2.13. The molecule has 26 heavy (non-hydrogen) atoms. The van der Waals surface area contributed by atoms with E-state index in [-0.39, 0.29) is 33.8 Å². The summed E-state index contributed by atoms with van der Waals surface area (Å²) in [5, 5.41) is 0.188. The van der Waals surface area contributed by atoms with Gasteiger partial charge in [-0.2, -0.15) is 0 Å². The van der Waals surface area contributed by atoms with Crippen molar-refractivity contribution < 1.29 is 23.4 Å². The Kier molecular flexibility index (Phi) is 4.57. The van der Waals surface area contributed by atoms with Gasteiger partial charge in [0.1, 0.15) is 5.82 Å². The van der Waals surface area contributed by atoms with Crippen LogP contribution in [0, 0.1) is 5.82 Å². The molecular weight excluding hydrogens is 343 g/mol. The number of H-pyrrole nitrogens is 1. The average Bonchev–Trinajstić information content (AvgIpc) is 2.65. The second-order valence-electron chi connectivity index (χ2n) is 5.32. The topological polar surface area (TPSA) is 90.5 Å². The number of fused-ring (bicyclic) bond motifs is 1. The van der Waals surface area contributed by atoms with Crippen LogP contribution in [-0.2, 0) is 0 Å². The van der Waals surface area contributed by atoms with Crippen molar-refractivity contribution in [3.8, 4) is 17.2 Å². The third-order valence-corrected chi connectivity index (χ3v) is 3.81. The Morgan fingerprint density at radius 1 is 1.04 bits per heavy atom. The molecule has 0 atom stereocenters. The highest BCUT2D eigenvalue weighted by atomic mass is 19.1. The first kappa shape index (κ1) is 17.4. The second-order valence-corrected chi connectivity index (χ2v) is 5.32. The molecule has 7 nitrogen and oxygen atoms in total. The van der Waals surface area contributed by atoms with Gasteiger partial charge in [-0.25, -0.2) is 9.37 Å². The normalized spacial score (nSPS) is 10.6. The molecule has 0 radical (unpaired) electrons. The molecule has 1 heterocycles. The highest BCUT2D eigenvalue weighted by Gasteiger charge is 2.20. The van der Waals surface area contributed by atoms with Gasteiger partial charge in [-0.3, -0.25) is 9.59 Å². The van der Waals surface area contributed by atoms with Gasteiger partial charge in [0.25, 0.3) is 5.56 Å². The van der Waals surface area contributed by atoms with Gasteiger partial charge in [0, 0.05) is 11.6 Å². The smallest absolute Gasteiger partial charge is 0.259 e. The SMILES string of the molecule is COc1cc(C(=O)c2nc3cc(F)ccc3c(=O)[nH]2)cc(OC)c1OC. The molecule has 8 heteroatoms. The molecule has 0 aliphatic rings. The maximum atomic E-state index is 13.4. The number of carbonyl (C=O) groups is 1. The molecule has 0 saturated heterocycles. The molecule has 3 aromatic rings. The van der Waals surface area contributed by atoms with Crippen LogP contribution in [0.15, 0.2) is 35.1 Å². The first-order valence-corrected chi connectivity index (χ1v) is 7.52. The Morgan fingerprint density at radius 2 is 1.69 bits per heavy atom. The van der Waals surface area contributed by atoms with Gasteiger partial charge in [-0.15, -0.1) is 0 Å². The van der Waals surface area contributed by atoms with Crippen molar-refractivity contribution in [2.75, 3.05) is 21.3 Å². The molecule has 1 aromatic heterocycles. The molecule has 134 valence electrons. The van der Waals surface area contributed by atoms with Crippen molar-refractivity contribution in [1.82, 2.24) is 9.97 Å². The van der Waals surface area contributed by atoms with E-state index in [9.17, 15) is 14.0 Å². The fraction of sp³-hybridized carbons (Fsp3) is 0.167. The summed E-state index contributed by atoms with van der Waals surface area (Å²) >= 11 is 0. The van der Waals surface area contributed by atoms with Gasteiger partial charge in [-0.05, 0) is 24.3 Å². The Labute approximate surface area is 147 Å². The number of aromatic nitrogens is 2. The van der Waals surface area contributed by atoms with Crippen LogP contribution in [0.4, 0.5) is 4.39 Å². The predicted octanol–water partition coefficient (Wildman–Crippen LogP) is 2.32. The number of ketones is 1. The number of ether oxygens (including phenoxy) is 3. The average molecular weight is 358 g/mol. The van der Waals surface area contributed by atoms with Crippen LogP contribution in [0.2, 0.25) is 0 Å². The Hall–Kier alpha value is -3.42. The first-order valence-electron chi connectivity index (χ1n) is 7.52. The molecule has 0 fully saturated rings. The summed E-state index contributed by atoms with van der Waals surface area (Å²) in [6, 6.07) is 6.44. The summed E-state index contributed by atoms with van der Waals surface area (Å²) in [7, 11) is 4.29. The number of methoxy groups -OCH3 is 3. The number of carbonyl (C=O) groups excluding carboxylic acids is 1. The number of benzene rings is 2. The highest BCUT2D eigenvalue weighted by Crippen LogP contribution is 2.38. The molecule has 0 amide bonds. The van der Waals surface area contributed by atoms with E-state index in [2.05, 4.69) is 9.97 Å². The molecule has 0 bridgehead atoms. The standard InChI is InChI=1S/C18H15FN2O5/c1-24-13-6-9(7-14(25-2)16(13)26-3)15(22)17-20-12-8-10(19)4-5-11(12)18(23)21-17/h4-8H,1-3H3,(H,20,21,23). The predicted molar refractivity (Wildman–Crippen MR) is 91.9 cm³/mol. The third-order valence-electron chi connectivity index (χ3n) is 3.81. The molecule has 1 N–H and O–H groups in total. The van der Waals surface area contributed by atoms with Gasteiger partial charge >= 0.3 is 0 Å². The van der Waals surface area contributed by atoms with Crippen molar-refractivity contribution in [2.24, 2.45) is 0 Å². The van der Waals surface area contributed by atoms with Crippen LogP contribution in [0.1, 0.15) is 16.2 Å². The number of aromatic amines is 1. The van der Waals surface area contributed by atoms with E-state index >= 15 is 0 Å². The van der Waals surface area contributed by atoms with E-state index in [4.69, 9.17) is 14.2 Å². The summed E-state index contributed by atoms with van der Waals surface area (Å²) in [4.78, 5) is 31.4. The lowest BCUT2D eigenvalue weighted by Crippen LogP contribution is -2.17. The first-order chi connectivity index (χ1) is 12.5. The van der Waals surface area contributed by atoms with E-state index < -0.39 is 17.2 Å². The van der Waals surface area contributed by atoms with Crippen LogP contribution in [0.3, 0.4) is 0 Å². The van der Waals surface area contributed by atoms with E-state index in [1.807, 2.05) is 0 Å². The quantitative estimate of drug-likeness (QED) is 0.704. The van der Waals surface area contributed by atoms with Crippen LogP contribution in [-0.4, -0.2) is 37.1 Å². The number of hydrogen-bond donors (Lipinski definition) is 1. The highest BCUT2D eigenvalue weighted by molar-refractivity contribution is 6.08. The number of rotatable bonds is 5. The fourth-order valence-electron chi connectivity index (χ4n) is 2.57. The molecule has 3 rings (SSSR count). The van der Waals surface area contributed by atoms with Gasteiger partial charge in [0.2, 0.25) is 11.5 Å². The summed E-state index contributed by atoms with van der Waals surface area (Å²) < 4.78 is 29.1. The van der Waals surface area contributed by atoms with E-state index in [0.29, 0.717) is 5.75 Å². The zero-order valence-corrected chi connectivity index (χ0v) is 14.3. The van der Waals surface area contributed by atoms with Gasteiger partial charge in [0.15, 0.2) is 17.3 Å². The largest absolute Gasteiger partial charge is 0.493 e. The van der Waals surface area contributed by atoms with Crippen molar-refractivity contribution >= 4 is 16.7 Å². The van der Waals surface area contributed by atoms with Crippen LogP contribution in [0.25, 0.3) is 10.9 Å². The third kappa shape index (κ3) is 2.97. The molecule has 0 aliphatic carbocycles. The second kappa shape index (κ2) is 6.83. The van der Waals surface area contributed by atoms with Crippen molar-refractivity contribution in [3.05, 3.63) is 57.9 Å². The Bertz CT molecular complexity index is 1040. The molecule has 0 unspecified atom stereocenters. The summed E-state index contributed by atoms with van der Waals surface area (Å²) in [5.74, 6) is -0.459. The maximum absolute atomic E-state index is 13.4. The van der Waals surface area contributed by atoms with Gasteiger partial charge in [-0.1, -0.05) is 0 Å². The zero-order chi connectivity index (χ0) is 18.8. The summed E-state index contributed by atoms with van der Waals surface area (Å²) in [5.41, 5.74) is -0.284. The number of halogens is 1. The van der Waals surface area contributed by atoms with Crippen LogP contribution < -0.4 is 19.8 Å². The van der Waals surface area contributed by atoms with Crippen molar-refractivity contribution in [1.29, 1.82) is 0 Å². The van der Waals surface area contributed by atoms with Crippen molar-refractivity contribution in [3.63, 3.8) is 0 Å². The monoisotopic (exact) mass is 358 g/mol. The van der Waals surface area contributed by atoms with Gasteiger partial charge < -0.3 is 19.2 Å². The summed E-state index contributed by atoms with van der Waals surface area (Å²) in [6.45, 7) is 0. The Morgan fingerprint density at radius 3 is 2.27 bits per heavy atom. The maximum Gasteiger partial charge on any atom is 0.259 e. The van der Waals surface area contributed by atoms with Crippen LogP contribution in [0.5, 0.6) is 17.2 Å². The number of nitrogens with zero attached hydrogens (tertiary/aromatic N) is 1. The lowest BCUT2D eigenvalue weighted by molar-refractivity contribution is 0.102. The van der Waals surface area contributed by atoms with E-state index in [1.165, 1.54) is 39.5 Å². The fourth-order valence-corrected chi connectivity index (χ4v) is 2.57. The van der Waals surface area contributed by atoms with E-state index in [1.54, 1.807) is 0 Å². The zero-order valence-electron chi connectivity index (χ0n) is 14.3. The summed E-state index contributed by atoms with van der Waals surface area (Å²) in [6.07, 6.45) is 0. The molecule has 0 saturated carbocycles. The minimum absolute atomic E-state index is 0.0875. The lowest BCUT2D eigenvalue weighted by atomic mass is 10.1. The number of nitrogens with one attached hydrogen (secondary N) is 1. The van der Waals surface area contributed by atoms with Gasteiger partial charge in [0.05, 0.1) is 32.2 Å². The van der Waals surface area contributed by atoms with E-state index in [0.717, 1.165) is 12.1 Å². The molecule has 2 aromatic carbocycles. The number of hydrogen-bond acceptors (Lipinski definition) is 6.